The number of carbonyl (C=O) groups excluding carboxylic acids is 1. The third kappa shape index (κ3) is 6.61. The fourth-order valence-corrected chi connectivity index (χ4v) is 2.61. The van der Waals surface area contributed by atoms with Crippen LogP contribution in [0.15, 0.2) is 48.5 Å². The maximum atomic E-state index is 11.8. The highest BCUT2D eigenvalue weighted by molar-refractivity contribution is 5.77. The maximum absolute atomic E-state index is 11.8. The summed E-state index contributed by atoms with van der Waals surface area (Å²) in [5, 5.41) is 2.91. The minimum absolute atomic E-state index is 0.0640. The molecular weight excluding hydrogens is 310 g/mol. The number of hydrogen-bond acceptors (Lipinski definition) is 2. The van der Waals surface area contributed by atoms with Gasteiger partial charge in [-0.05, 0) is 54.0 Å². The van der Waals surface area contributed by atoms with Gasteiger partial charge in [-0.3, -0.25) is 4.79 Å². The van der Waals surface area contributed by atoms with Crippen molar-refractivity contribution in [1.29, 1.82) is 0 Å². The van der Waals surface area contributed by atoms with E-state index in [0.717, 1.165) is 25.0 Å². The lowest BCUT2D eigenvalue weighted by Crippen LogP contribution is -2.29. The minimum Gasteiger partial charge on any atom is -0.484 e. The fraction of sp³-hybridized carbons (Fsp3) is 0.409. The Morgan fingerprint density at radius 1 is 1.00 bits per heavy atom. The smallest absolute Gasteiger partial charge is 0.257 e. The molecule has 0 unspecified atom stereocenters. The third-order valence-corrected chi connectivity index (χ3v) is 4.31. The van der Waals surface area contributed by atoms with Gasteiger partial charge >= 0.3 is 0 Å². The van der Waals surface area contributed by atoms with Crippen molar-refractivity contribution >= 4 is 5.91 Å². The maximum Gasteiger partial charge on any atom is 0.257 e. The molecule has 1 amide bonds. The van der Waals surface area contributed by atoms with Crippen LogP contribution in [0.5, 0.6) is 5.75 Å². The molecule has 0 bridgehead atoms. The van der Waals surface area contributed by atoms with Crippen LogP contribution in [0.3, 0.4) is 0 Å². The summed E-state index contributed by atoms with van der Waals surface area (Å²) in [6.45, 7) is 7.25. The first kappa shape index (κ1) is 19.0. The van der Waals surface area contributed by atoms with Gasteiger partial charge in [-0.15, -0.1) is 0 Å². The Bertz CT molecular complexity index is 645. The summed E-state index contributed by atoms with van der Waals surface area (Å²) in [4.78, 5) is 11.8. The molecule has 0 saturated carbocycles. The molecule has 0 heterocycles. The molecule has 0 aliphatic carbocycles. The Balaban J connectivity index is 1.63. The topological polar surface area (TPSA) is 38.3 Å². The van der Waals surface area contributed by atoms with Crippen molar-refractivity contribution in [3.05, 3.63) is 65.2 Å². The van der Waals surface area contributed by atoms with Crippen LogP contribution in [0.1, 0.15) is 49.8 Å². The quantitative estimate of drug-likeness (QED) is 0.683. The number of nitrogens with one attached hydrogen (secondary N) is 1. The summed E-state index contributed by atoms with van der Waals surface area (Å²) in [6, 6.07) is 16.6. The summed E-state index contributed by atoms with van der Waals surface area (Å²) in [7, 11) is 0. The second-order valence-corrected chi connectivity index (χ2v) is 6.64. The number of amides is 1. The monoisotopic (exact) mass is 339 g/mol. The van der Waals surface area contributed by atoms with E-state index in [1.165, 1.54) is 16.7 Å². The van der Waals surface area contributed by atoms with Crippen LogP contribution in [0.4, 0.5) is 0 Å². The SMILES string of the molecule is CCc1ccc(OCC(=O)NCCCc2ccc(C(C)C)cc2)cc1. The zero-order valence-corrected chi connectivity index (χ0v) is 15.5. The number of hydrogen-bond donors (Lipinski definition) is 1. The summed E-state index contributed by atoms with van der Waals surface area (Å²) in [5.74, 6) is 1.22. The Morgan fingerprint density at radius 3 is 2.24 bits per heavy atom. The second kappa shape index (κ2) is 9.87. The van der Waals surface area contributed by atoms with E-state index in [4.69, 9.17) is 4.74 Å². The van der Waals surface area contributed by atoms with E-state index in [1.807, 2.05) is 24.3 Å². The average molecular weight is 339 g/mol. The first-order valence-corrected chi connectivity index (χ1v) is 9.15. The van der Waals surface area contributed by atoms with Crippen LogP contribution in [-0.4, -0.2) is 19.1 Å². The molecule has 0 radical (unpaired) electrons. The zero-order valence-electron chi connectivity index (χ0n) is 15.5. The van der Waals surface area contributed by atoms with Crippen LogP contribution < -0.4 is 10.1 Å². The number of aryl methyl sites for hydroxylation is 2. The number of ether oxygens (including phenoxy) is 1. The van der Waals surface area contributed by atoms with Gasteiger partial charge in [0.05, 0.1) is 0 Å². The molecule has 0 fully saturated rings. The number of carbonyl (C=O) groups is 1. The molecule has 0 saturated heterocycles. The van der Waals surface area contributed by atoms with Gasteiger partial charge in [0.1, 0.15) is 5.75 Å². The summed E-state index contributed by atoms with van der Waals surface area (Å²) in [6.07, 6.45) is 2.90. The van der Waals surface area contributed by atoms with Crippen LogP contribution in [0.2, 0.25) is 0 Å². The molecule has 25 heavy (non-hydrogen) atoms. The molecule has 0 aliphatic rings. The lowest BCUT2D eigenvalue weighted by molar-refractivity contribution is -0.123. The molecule has 134 valence electrons. The first-order chi connectivity index (χ1) is 12.1. The Hall–Kier alpha value is -2.29. The molecule has 2 rings (SSSR count). The third-order valence-electron chi connectivity index (χ3n) is 4.31. The largest absolute Gasteiger partial charge is 0.484 e. The van der Waals surface area contributed by atoms with Gasteiger partial charge in [-0.1, -0.05) is 57.2 Å². The molecule has 3 nitrogen and oxygen atoms in total. The van der Waals surface area contributed by atoms with E-state index in [0.29, 0.717) is 12.5 Å². The van der Waals surface area contributed by atoms with Gasteiger partial charge in [0, 0.05) is 6.54 Å². The van der Waals surface area contributed by atoms with Crippen LogP contribution in [0, 0.1) is 0 Å². The van der Waals surface area contributed by atoms with E-state index >= 15 is 0 Å². The Morgan fingerprint density at radius 2 is 1.64 bits per heavy atom. The number of rotatable bonds is 9. The fourth-order valence-electron chi connectivity index (χ4n) is 2.61. The first-order valence-electron chi connectivity index (χ1n) is 9.15. The average Bonchev–Trinajstić information content (AvgIpc) is 2.64. The van der Waals surface area contributed by atoms with E-state index in [-0.39, 0.29) is 12.5 Å². The van der Waals surface area contributed by atoms with Crippen molar-refractivity contribution in [3.63, 3.8) is 0 Å². The van der Waals surface area contributed by atoms with Crippen molar-refractivity contribution in [2.75, 3.05) is 13.2 Å². The summed E-state index contributed by atoms with van der Waals surface area (Å²) >= 11 is 0. The lowest BCUT2D eigenvalue weighted by atomic mass is 10.0. The van der Waals surface area contributed by atoms with Crippen molar-refractivity contribution in [2.24, 2.45) is 0 Å². The predicted molar refractivity (Wildman–Crippen MR) is 103 cm³/mol. The van der Waals surface area contributed by atoms with Crippen molar-refractivity contribution < 1.29 is 9.53 Å². The highest BCUT2D eigenvalue weighted by Gasteiger charge is 2.03. The van der Waals surface area contributed by atoms with Crippen LogP contribution >= 0.6 is 0 Å². The highest BCUT2D eigenvalue weighted by atomic mass is 16.5. The van der Waals surface area contributed by atoms with Gasteiger partial charge in [0.15, 0.2) is 6.61 Å². The van der Waals surface area contributed by atoms with Crippen molar-refractivity contribution in [2.45, 2.75) is 46.0 Å². The van der Waals surface area contributed by atoms with E-state index < -0.39 is 0 Å². The van der Waals surface area contributed by atoms with Crippen molar-refractivity contribution in [3.8, 4) is 5.75 Å². The van der Waals surface area contributed by atoms with Gasteiger partial charge in [0.2, 0.25) is 0 Å². The summed E-state index contributed by atoms with van der Waals surface area (Å²) < 4.78 is 5.51. The second-order valence-electron chi connectivity index (χ2n) is 6.64. The van der Waals surface area contributed by atoms with Crippen molar-refractivity contribution in [1.82, 2.24) is 5.32 Å². The normalized spacial score (nSPS) is 10.7. The minimum atomic E-state index is -0.0743. The molecule has 1 N–H and O–H groups in total. The molecular formula is C22H29NO2. The Kier molecular flexibility index (Phi) is 7.52. The molecule has 0 atom stereocenters. The summed E-state index contributed by atoms with van der Waals surface area (Å²) in [5.41, 5.74) is 3.94. The standard InChI is InChI=1S/C22H29NO2/c1-4-18-9-13-21(14-10-18)25-16-22(24)23-15-5-6-19-7-11-20(12-8-19)17(2)3/h7-14,17H,4-6,15-16H2,1-3H3,(H,23,24). The van der Waals surface area contributed by atoms with Gasteiger partial charge in [-0.25, -0.2) is 0 Å². The predicted octanol–water partition coefficient (Wildman–Crippen LogP) is 4.50. The molecule has 0 aliphatic heterocycles. The zero-order chi connectivity index (χ0) is 18.1. The molecule has 0 aromatic heterocycles. The van der Waals surface area contributed by atoms with Crippen LogP contribution in [-0.2, 0) is 17.6 Å². The van der Waals surface area contributed by atoms with E-state index in [1.54, 1.807) is 0 Å². The van der Waals surface area contributed by atoms with Gasteiger partial charge < -0.3 is 10.1 Å². The molecule has 2 aromatic carbocycles. The number of benzene rings is 2. The lowest BCUT2D eigenvalue weighted by Gasteiger charge is -2.09. The van der Waals surface area contributed by atoms with Crippen LogP contribution in [0.25, 0.3) is 0 Å². The molecule has 0 spiro atoms. The van der Waals surface area contributed by atoms with Gasteiger partial charge in [-0.2, -0.15) is 0 Å². The molecule has 2 aromatic rings. The Labute approximate surface area is 151 Å². The van der Waals surface area contributed by atoms with E-state index in [9.17, 15) is 4.79 Å². The highest BCUT2D eigenvalue weighted by Crippen LogP contribution is 2.15. The van der Waals surface area contributed by atoms with E-state index in [2.05, 4.69) is 50.4 Å². The molecule has 3 heteroatoms. The van der Waals surface area contributed by atoms with Gasteiger partial charge in [0.25, 0.3) is 5.91 Å².